The van der Waals surface area contributed by atoms with Crippen molar-refractivity contribution in [2.75, 3.05) is 13.2 Å². The van der Waals surface area contributed by atoms with Gasteiger partial charge in [0.15, 0.2) is 11.6 Å². The maximum absolute atomic E-state index is 15.2. The van der Waals surface area contributed by atoms with Crippen LogP contribution in [0.1, 0.15) is 69.4 Å². The molecule has 1 aliphatic rings. The molecule has 1 fully saturated rings. The Morgan fingerprint density at radius 3 is 1.94 bits per heavy atom. The molecule has 0 radical (unpaired) electrons. The van der Waals surface area contributed by atoms with Gasteiger partial charge in [-0.2, -0.15) is 8.78 Å². The number of alkyl halides is 2. The van der Waals surface area contributed by atoms with E-state index in [0.717, 1.165) is 68.9 Å². The number of hydrogen-bond acceptors (Lipinski definition) is 3. The minimum Gasteiger partial charge on any atom is -0.491 e. The first kappa shape index (κ1) is 34.3. The summed E-state index contributed by atoms with van der Waals surface area (Å²) in [5.74, 6) is -6.51. The molecule has 0 aliphatic heterocycles. The number of hydrogen-bond donors (Lipinski definition) is 0. The number of benzene rings is 4. The van der Waals surface area contributed by atoms with E-state index in [0.29, 0.717) is 18.2 Å². The Kier molecular flexibility index (Phi) is 10.8. The summed E-state index contributed by atoms with van der Waals surface area (Å²) < 4.78 is 120. The summed E-state index contributed by atoms with van der Waals surface area (Å²) in [6, 6.07) is 12.0. The van der Waals surface area contributed by atoms with E-state index in [1.165, 1.54) is 24.3 Å². The SMILES string of the molecule is CCCCOC1CCC(c2ccc(-c3cc(F)c(C(F)(F)Oc4ccc(-c5ccc(OCC)c(F)c5)c(F)c4)c(F)c3)c(F)c2)CC1. The van der Waals surface area contributed by atoms with Gasteiger partial charge in [-0.05, 0) is 104 Å². The van der Waals surface area contributed by atoms with Crippen LogP contribution < -0.4 is 9.47 Å². The predicted molar refractivity (Wildman–Crippen MR) is 165 cm³/mol. The van der Waals surface area contributed by atoms with E-state index in [1.54, 1.807) is 13.0 Å². The molecule has 47 heavy (non-hydrogen) atoms. The molecule has 250 valence electrons. The largest absolute Gasteiger partial charge is 0.491 e. The third kappa shape index (κ3) is 7.92. The van der Waals surface area contributed by atoms with Crippen molar-refractivity contribution in [1.29, 1.82) is 0 Å². The van der Waals surface area contributed by atoms with Crippen molar-refractivity contribution < 1.29 is 44.9 Å². The highest BCUT2D eigenvalue weighted by Crippen LogP contribution is 2.40. The molecule has 1 saturated carbocycles. The molecule has 0 unspecified atom stereocenters. The highest BCUT2D eigenvalue weighted by Gasteiger charge is 2.41. The average Bonchev–Trinajstić information content (AvgIpc) is 3.02. The third-order valence-corrected chi connectivity index (χ3v) is 8.36. The van der Waals surface area contributed by atoms with E-state index in [9.17, 15) is 8.78 Å². The molecule has 4 aromatic rings. The summed E-state index contributed by atoms with van der Waals surface area (Å²) in [6.07, 6.45) is 1.01. The maximum atomic E-state index is 15.2. The van der Waals surface area contributed by atoms with E-state index >= 15 is 22.0 Å². The van der Waals surface area contributed by atoms with Gasteiger partial charge in [0.2, 0.25) is 0 Å². The second-order valence-corrected chi connectivity index (χ2v) is 11.6. The lowest BCUT2D eigenvalue weighted by Crippen LogP contribution is -2.25. The van der Waals surface area contributed by atoms with E-state index in [-0.39, 0.29) is 46.6 Å². The fourth-order valence-corrected chi connectivity index (χ4v) is 5.92. The van der Waals surface area contributed by atoms with Gasteiger partial charge in [-0.3, -0.25) is 0 Å². The van der Waals surface area contributed by atoms with Crippen molar-refractivity contribution in [1.82, 2.24) is 0 Å². The van der Waals surface area contributed by atoms with Gasteiger partial charge in [-0.1, -0.05) is 31.5 Å². The number of unbranched alkanes of at least 4 members (excludes halogenated alkanes) is 1. The minimum absolute atomic E-state index is 0.0347. The lowest BCUT2D eigenvalue weighted by Gasteiger charge is -2.29. The summed E-state index contributed by atoms with van der Waals surface area (Å²) in [4.78, 5) is 0. The molecule has 0 aromatic heterocycles. The molecule has 0 amide bonds. The molecule has 0 saturated heterocycles. The molecule has 5 rings (SSSR count). The van der Waals surface area contributed by atoms with Crippen molar-refractivity contribution >= 4 is 0 Å². The van der Waals surface area contributed by atoms with Gasteiger partial charge < -0.3 is 14.2 Å². The second-order valence-electron chi connectivity index (χ2n) is 11.6. The van der Waals surface area contributed by atoms with Crippen LogP contribution in [-0.4, -0.2) is 19.3 Å². The quantitative estimate of drug-likeness (QED) is 0.112. The molecule has 0 spiro atoms. The molecule has 1 aliphatic carbocycles. The van der Waals surface area contributed by atoms with Crippen molar-refractivity contribution in [2.24, 2.45) is 0 Å². The highest BCUT2D eigenvalue weighted by atomic mass is 19.3. The van der Waals surface area contributed by atoms with E-state index in [4.69, 9.17) is 9.47 Å². The molecule has 0 heterocycles. The molecular formula is C37H35F7O3. The second kappa shape index (κ2) is 14.8. The third-order valence-electron chi connectivity index (χ3n) is 8.36. The van der Waals surface area contributed by atoms with Crippen LogP contribution in [0.2, 0.25) is 0 Å². The average molecular weight is 661 g/mol. The first-order valence-electron chi connectivity index (χ1n) is 15.7. The smallest absolute Gasteiger partial charge is 0.432 e. The highest BCUT2D eigenvalue weighted by molar-refractivity contribution is 5.67. The van der Waals surface area contributed by atoms with Crippen LogP contribution in [0.3, 0.4) is 0 Å². The molecule has 0 N–H and O–H groups in total. The molecule has 0 atom stereocenters. The van der Waals surface area contributed by atoms with Gasteiger partial charge >= 0.3 is 6.11 Å². The normalized spacial score (nSPS) is 16.7. The summed E-state index contributed by atoms with van der Waals surface area (Å²) >= 11 is 0. The fourth-order valence-electron chi connectivity index (χ4n) is 5.92. The van der Waals surface area contributed by atoms with Gasteiger partial charge in [0.25, 0.3) is 0 Å². The Labute approximate surface area is 269 Å². The van der Waals surface area contributed by atoms with Crippen LogP contribution >= 0.6 is 0 Å². The predicted octanol–water partition coefficient (Wildman–Crippen LogP) is 11.1. The Morgan fingerprint density at radius 1 is 0.681 bits per heavy atom. The monoisotopic (exact) mass is 660 g/mol. The summed E-state index contributed by atoms with van der Waals surface area (Å²) in [5.41, 5.74) is -1.40. The van der Waals surface area contributed by atoms with Crippen molar-refractivity contribution in [3.05, 3.63) is 107 Å². The summed E-state index contributed by atoms with van der Waals surface area (Å²) in [5, 5.41) is 0. The van der Waals surface area contributed by atoms with Gasteiger partial charge in [0, 0.05) is 23.8 Å². The van der Waals surface area contributed by atoms with Gasteiger partial charge in [-0.25, -0.2) is 22.0 Å². The van der Waals surface area contributed by atoms with Crippen LogP contribution in [0.4, 0.5) is 30.7 Å². The van der Waals surface area contributed by atoms with E-state index in [2.05, 4.69) is 11.7 Å². The number of rotatable bonds is 12. The van der Waals surface area contributed by atoms with Crippen LogP contribution in [0.15, 0.2) is 66.7 Å². The zero-order chi connectivity index (χ0) is 33.7. The number of ether oxygens (including phenoxy) is 3. The van der Waals surface area contributed by atoms with Crippen molar-refractivity contribution in [2.45, 2.75) is 70.5 Å². The minimum atomic E-state index is -4.56. The van der Waals surface area contributed by atoms with Crippen molar-refractivity contribution in [3.63, 3.8) is 0 Å². The van der Waals surface area contributed by atoms with Crippen LogP contribution in [0.5, 0.6) is 11.5 Å². The number of halogens is 7. The zero-order valence-electron chi connectivity index (χ0n) is 26.0. The van der Waals surface area contributed by atoms with Crippen molar-refractivity contribution in [3.8, 4) is 33.8 Å². The Morgan fingerprint density at radius 2 is 1.32 bits per heavy atom. The first-order valence-corrected chi connectivity index (χ1v) is 15.7. The molecule has 3 nitrogen and oxygen atoms in total. The van der Waals surface area contributed by atoms with Crippen LogP contribution in [0, 0.1) is 29.1 Å². The molecule has 0 bridgehead atoms. The summed E-state index contributed by atoms with van der Waals surface area (Å²) in [6.45, 7) is 4.71. The standard InChI is InChI=1S/C37H35F7O3/c1-3-5-16-46-26-10-6-22(7-11-26)23-8-13-29(30(38)17-23)25-19-33(41)36(34(42)20-25)37(43,44)47-27-12-14-28(31(39)21-27)24-9-15-35(45-4-2)32(40)18-24/h8-9,12-15,17-22,26H,3-7,10-11,16H2,1-2H3. The van der Waals surface area contributed by atoms with E-state index in [1.807, 2.05) is 0 Å². The van der Waals surface area contributed by atoms with E-state index < -0.39 is 46.5 Å². The molecule has 10 heteroatoms. The Bertz CT molecular complexity index is 1680. The van der Waals surface area contributed by atoms with Gasteiger partial charge in [0.1, 0.15) is 34.6 Å². The lowest BCUT2D eigenvalue weighted by molar-refractivity contribution is -0.189. The first-order chi connectivity index (χ1) is 22.5. The van der Waals surface area contributed by atoms with Crippen LogP contribution in [-0.2, 0) is 10.8 Å². The lowest BCUT2D eigenvalue weighted by atomic mass is 9.82. The van der Waals surface area contributed by atoms with Gasteiger partial charge in [-0.15, -0.1) is 0 Å². The summed E-state index contributed by atoms with van der Waals surface area (Å²) in [7, 11) is 0. The fraction of sp³-hybridized carbons (Fsp3) is 0.351. The zero-order valence-corrected chi connectivity index (χ0v) is 26.0. The Hall–Kier alpha value is -4.05. The van der Waals surface area contributed by atoms with Gasteiger partial charge in [0.05, 0.1) is 12.7 Å². The molecular weight excluding hydrogens is 625 g/mol. The Balaban J connectivity index is 1.30. The maximum Gasteiger partial charge on any atom is 0.432 e. The topological polar surface area (TPSA) is 27.7 Å². The van der Waals surface area contributed by atoms with Crippen LogP contribution in [0.25, 0.3) is 22.3 Å². The molecule has 4 aromatic carbocycles.